The number of unbranched alkanes of at least 4 members (excludes halogenated alkanes) is 9. The lowest BCUT2D eigenvalue weighted by molar-refractivity contribution is -0.141. The average Bonchev–Trinajstić information content (AvgIpc) is 3.16. The fourth-order valence-corrected chi connectivity index (χ4v) is 3.37. The van der Waals surface area contributed by atoms with Gasteiger partial charge in [-0.05, 0) is 25.2 Å². The van der Waals surface area contributed by atoms with Gasteiger partial charge < -0.3 is 9.47 Å². The molecule has 0 bridgehead atoms. The van der Waals surface area contributed by atoms with Gasteiger partial charge >= 0.3 is 11.9 Å². The molecule has 0 unspecified atom stereocenters. The minimum atomic E-state index is -0.459. The number of carbonyl (C=O) groups excluding carboxylic acids is 2. The molecule has 4 heteroatoms. The van der Waals surface area contributed by atoms with Crippen LogP contribution in [-0.2, 0) is 19.1 Å². The van der Waals surface area contributed by atoms with Crippen molar-refractivity contribution >= 4 is 11.9 Å². The highest BCUT2D eigenvalue weighted by atomic mass is 16.5. The van der Waals surface area contributed by atoms with Crippen LogP contribution in [0.1, 0.15) is 96.8 Å². The van der Waals surface area contributed by atoms with E-state index in [0.717, 1.165) is 25.7 Å². The molecule has 1 saturated carbocycles. The second kappa shape index (κ2) is 15.9. The molecule has 0 radical (unpaired) electrons. The van der Waals surface area contributed by atoms with Gasteiger partial charge in [0.2, 0.25) is 0 Å². The molecular formula is C22H38O4. The molecule has 1 rings (SSSR count). The summed E-state index contributed by atoms with van der Waals surface area (Å²) < 4.78 is 10.3. The predicted molar refractivity (Wildman–Crippen MR) is 105 cm³/mol. The molecule has 150 valence electrons. The summed E-state index contributed by atoms with van der Waals surface area (Å²) in [6.45, 7) is 3.14. The van der Waals surface area contributed by atoms with Crippen molar-refractivity contribution in [2.45, 2.75) is 96.8 Å². The summed E-state index contributed by atoms with van der Waals surface area (Å²) in [6, 6.07) is 0. The smallest absolute Gasteiger partial charge is 0.331 e. The van der Waals surface area contributed by atoms with Gasteiger partial charge in [-0.2, -0.15) is 0 Å². The second-order valence-corrected chi connectivity index (χ2v) is 7.46. The van der Waals surface area contributed by atoms with Crippen LogP contribution in [0.3, 0.4) is 0 Å². The molecule has 0 aromatic carbocycles. The second-order valence-electron chi connectivity index (χ2n) is 7.46. The third-order valence-electron chi connectivity index (χ3n) is 5.03. The normalized spacial score (nSPS) is 14.8. The topological polar surface area (TPSA) is 52.6 Å². The quantitative estimate of drug-likeness (QED) is 0.211. The monoisotopic (exact) mass is 366 g/mol. The number of hydrogen-bond acceptors (Lipinski definition) is 4. The van der Waals surface area contributed by atoms with Crippen LogP contribution in [0, 0.1) is 5.92 Å². The zero-order valence-corrected chi connectivity index (χ0v) is 16.7. The lowest BCUT2D eigenvalue weighted by atomic mass is 10.1. The number of esters is 2. The molecule has 0 heterocycles. The van der Waals surface area contributed by atoms with E-state index in [9.17, 15) is 9.59 Å². The Bertz CT molecular complexity index is 397. The lowest BCUT2D eigenvalue weighted by Gasteiger charge is -2.07. The molecule has 1 aliphatic rings. The summed E-state index contributed by atoms with van der Waals surface area (Å²) in [6.07, 6.45) is 19.6. The van der Waals surface area contributed by atoms with E-state index in [1.54, 1.807) is 0 Å². The fraction of sp³-hybridized carbons (Fsp3) is 0.818. The van der Waals surface area contributed by atoms with Gasteiger partial charge in [0.05, 0.1) is 13.2 Å². The summed E-state index contributed by atoms with van der Waals surface area (Å²) in [5, 5.41) is 0. The number of ether oxygens (including phenoxy) is 2. The Labute approximate surface area is 159 Å². The van der Waals surface area contributed by atoms with E-state index < -0.39 is 11.9 Å². The van der Waals surface area contributed by atoms with Crippen molar-refractivity contribution < 1.29 is 19.1 Å². The van der Waals surface area contributed by atoms with Crippen molar-refractivity contribution in [3.8, 4) is 0 Å². The van der Waals surface area contributed by atoms with Crippen molar-refractivity contribution in [1.82, 2.24) is 0 Å². The van der Waals surface area contributed by atoms with Crippen molar-refractivity contribution in [1.29, 1.82) is 0 Å². The van der Waals surface area contributed by atoms with Crippen molar-refractivity contribution in [3.05, 3.63) is 12.2 Å². The first-order chi connectivity index (χ1) is 12.7. The molecule has 1 aliphatic carbocycles. The molecule has 0 spiro atoms. The first-order valence-electron chi connectivity index (χ1n) is 10.7. The van der Waals surface area contributed by atoms with E-state index in [2.05, 4.69) is 6.92 Å². The first-order valence-corrected chi connectivity index (χ1v) is 10.7. The van der Waals surface area contributed by atoms with Gasteiger partial charge in [-0.15, -0.1) is 0 Å². The molecular weight excluding hydrogens is 328 g/mol. The van der Waals surface area contributed by atoms with Gasteiger partial charge in [0.25, 0.3) is 0 Å². The number of carbonyl (C=O) groups is 2. The molecule has 26 heavy (non-hydrogen) atoms. The van der Waals surface area contributed by atoms with Crippen LogP contribution < -0.4 is 0 Å². The van der Waals surface area contributed by atoms with Crippen molar-refractivity contribution in [2.24, 2.45) is 5.92 Å². The van der Waals surface area contributed by atoms with E-state index >= 15 is 0 Å². The van der Waals surface area contributed by atoms with Crippen LogP contribution in [0.15, 0.2) is 12.2 Å². The highest BCUT2D eigenvalue weighted by Gasteiger charge is 2.16. The van der Waals surface area contributed by atoms with E-state index in [-0.39, 0.29) is 0 Å². The maximum atomic E-state index is 11.6. The minimum absolute atomic E-state index is 0.427. The Hall–Kier alpha value is -1.32. The highest BCUT2D eigenvalue weighted by molar-refractivity contribution is 5.91. The molecule has 0 aromatic heterocycles. The van der Waals surface area contributed by atoms with Crippen LogP contribution >= 0.6 is 0 Å². The van der Waals surface area contributed by atoms with Crippen LogP contribution in [0.5, 0.6) is 0 Å². The van der Waals surface area contributed by atoms with Gasteiger partial charge in [-0.1, -0.05) is 77.6 Å². The molecule has 0 atom stereocenters. The standard InChI is InChI=1S/C22H38O4/c1-2-3-4-5-6-7-8-9-10-13-18-25-21(23)16-17-22(24)26-19-20-14-11-12-15-20/h16-17,20H,2-15,18-19H2,1H3/b17-16+. The van der Waals surface area contributed by atoms with Gasteiger partial charge in [-0.25, -0.2) is 9.59 Å². The van der Waals surface area contributed by atoms with Gasteiger partial charge in [0.1, 0.15) is 0 Å². The lowest BCUT2D eigenvalue weighted by Crippen LogP contribution is -2.10. The fourth-order valence-electron chi connectivity index (χ4n) is 3.37. The third kappa shape index (κ3) is 13.0. The molecule has 0 aliphatic heterocycles. The summed E-state index contributed by atoms with van der Waals surface area (Å²) >= 11 is 0. The van der Waals surface area contributed by atoms with E-state index in [0.29, 0.717) is 19.1 Å². The Kier molecular flexibility index (Phi) is 13.9. The number of hydrogen-bond donors (Lipinski definition) is 0. The molecule has 0 amide bonds. The van der Waals surface area contributed by atoms with Crippen molar-refractivity contribution in [2.75, 3.05) is 13.2 Å². The summed E-state index contributed by atoms with van der Waals surface area (Å²) in [7, 11) is 0. The largest absolute Gasteiger partial charge is 0.463 e. The summed E-state index contributed by atoms with van der Waals surface area (Å²) in [5.41, 5.74) is 0. The Balaban J connectivity index is 1.88. The minimum Gasteiger partial charge on any atom is -0.463 e. The first kappa shape index (κ1) is 22.7. The Morgan fingerprint density at radius 1 is 0.769 bits per heavy atom. The van der Waals surface area contributed by atoms with Crippen LogP contribution in [-0.4, -0.2) is 25.2 Å². The van der Waals surface area contributed by atoms with Gasteiger partial charge in [0, 0.05) is 12.2 Å². The van der Waals surface area contributed by atoms with Gasteiger partial charge in [-0.3, -0.25) is 0 Å². The van der Waals surface area contributed by atoms with Crippen LogP contribution in [0.2, 0.25) is 0 Å². The Morgan fingerprint density at radius 2 is 1.27 bits per heavy atom. The summed E-state index contributed by atoms with van der Waals surface area (Å²) in [4.78, 5) is 23.1. The van der Waals surface area contributed by atoms with Crippen LogP contribution in [0.25, 0.3) is 0 Å². The molecule has 0 N–H and O–H groups in total. The maximum absolute atomic E-state index is 11.6. The molecule has 0 saturated heterocycles. The third-order valence-corrected chi connectivity index (χ3v) is 5.03. The summed E-state index contributed by atoms with van der Waals surface area (Å²) in [5.74, 6) is -0.415. The van der Waals surface area contributed by atoms with E-state index in [1.807, 2.05) is 0 Å². The number of rotatable bonds is 15. The maximum Gasteiger partial charge on any atom is 0.331 e. The molecule has 1 fully saturated rings. The van der Waals surface area contributed by atoms with Crippen molar-refractivity contribution in [3.63, 3.8) is 0 Å². The molecule has 4 nitrogen and oxygen atoms in total. The Morgan fingerprint density at radius 3 is 1.85 bits per heavy atom. The highest BCUT2D eigenvalue weighted by Crippen LogP contribution is 2.24. The van der Waals surface area contributed by atoms with E-state index in [1.165, 1.54) is 76.4 Å². The van der Waals surface area contributed by atoms with Crippen LogP contribution in [0.4, 0.5) is 0 Å². The molecule has 0 aromatic rings. The van der Waals surface area contributed by atoms with Gasteiger partial charge in [0.15, 0.2) is 0 Å². The zero-order valence-electron chi connectivity index (χ0n) is 16.7. The zero-order chi connectivity index (χ0) is 18.9. The SMILES string of the molecule is CCCCCCCCCCCCOC(=O)/C=C/C(=O)OCC1CCCC1. The predicted octanol–water partition coefficient (Wildman–Crippen LogP) is 5.74. The average molecular weight is 367 g/mol. The van der Waals surface area contributed by atoms with E-state index in [4.69, 9.17) is 9.47 Å².